The third-order valence-electron chi connectivity index (χ3n) is 6.73. The summed E-state index contributed by atoms with van der Waals surface area (Å²) in [6, 6.07) is -1.05. The predicted octanol–water partition coefficient (Wildman–Crippen LogP) is 2.25. The van der Waals surface area contributed by atoms with Gasteiger partial charge >= 0.3 is 12.1 Å². The molecule has 0 aliphatic heterocycles. The average Bonchev–Trinajstić information content (AvgIpc) is 3.65. The van der Waals surface area contributed by atoms with E-state index in [0.717, 1.165) is 12.1 Å². The molecule has 3 heterocycles. The van der Waals surface area contributed by atoms with Crippen molar-refractivity contribution in [1.29, 1.82) is 0 Å². The molecule has 43 heavy (non-hydrogen) atoms. The molecule has 1 aliphatic rings. The van der Waals surface area contributed by atoms with E-state index in [9.17, 15) is 28.2 Å². The Kier molecular flexibility index (Phi) is 10.9. The lowest BCUT2D eigenvalue weighted by Gasteiger charge is -2.19. The maximum absolute atomic E-state index is 11.9. The molecule has 238 valence electrons. The Labute approximate surface area is 245 Å². The highest BCUT2D eigenvalue weighted by Crippen LogP contribution is 2.34. The number of aliphatic hydroxyl groups excluding tert-OH is 2. The average molecular weight is 614 g/mol. The summed E-state index contributed by atoms with van der Waals surface area (Å²) in [7, 11) is 0. The molecule has 1 fully saturated rings. The van der Waals surface area contributed by atoms with Crippen LogP contribution >= 0.6 is 0 Å². The lowest BCUT2D eigenvalue weighted by atomic mass is 9.92. The van der Waals surface area contributed by atoms with Crippen molar-refractivity contribution >= 4 is 34.8 Å². The maximum Gasteiger partial charge on any atom is 0.490 e. The number of aromatic nitrogens is 6. The molecule has 4 atom stereocenters. The van der Waals surface area contributed by atoms with E-state index in [0.29, 0.717) is 55.3 Å². The number of aromatic amines is 1. The van der Waals surface area contributed by atoms with Crippen molar-refractivity contribution in [2.24, 2.45) is 5.41 Å². The minimum atomic E-state index is -5.08. The van der Waals surface area contributed by atoms with E-state index in [1.54, 1.807) is 24.1 Å². The Morgan fingerprint density at radius 1 is 1.09 bits per heavy atom. The summed E-state index contributed by atoms with van der Waals surface area (Å²) in [4.78, 5) is 41.9. The molecule has 1 amide bonds. The zero-order chi connectivity index (χ0) is 31.9. The van der Waals surface area contributed by atoms with E-state index < -0.39 is 36.4 Å². The summed E-state index contributed by atoms with van der Waals surface area (Å²) in [5, 5.41) is 38.0. The molecule has 0 radical (unpaired) electrons. The van der Waals surface area contributed by atoms with Crippen LogP contribution in [0.15, 0.2) is 18.9 Å². The second-order valence-corrected chi connectivity index (χ2v) is 11.3. The number of anilines is 2. The van der Waals surface area contributed by atoms with E-state index in [1.165, 1.54) is 0 Å². The first-order chi connectivity index (χ1) is 20.1. The second-order valence-electron chi connectivity index (χ2n) is 11.3. The molecular weight excluding hydrogens is 575 g/mol. The van der Waals surface area contributed by atoms with E-state index in [-0.39, 0.29) is 11.3 Å². The molecule has 4 rings (SSSR count). The van der Waals surface area contributed by atoms with Crippen LogP contribution in [0.4, 0.5) is 24.9 Å². The van der Waals surface area contributed by atoms with Crippen LogP contribution in [0.5, 0.6) is 0 Å². The third-order valence-corrected chi connectivity index (χ3v) is 6.73. The van der Waals surface area contributed by atoms with E-state index in [2.05, 4.69) is 56.7 Å². The van der Waals surface area contributed by atoms with Gasteiger partial charge < -0.3 is 40.8 Å². The maximum atomic E-state index is 11.9. The van der Waals surface area contributed by atoms with Crippen LogP contribution in [0, 0.1) is 5.41 Å². The Balaban J connectivity index is 0.000000646. The zero-order valence-electron chi connectivity index (χ0n) is 24.3. The summed E-state index contributed by atoms with van der Waals surface area (Å²) >= 11 is 0. The highest BCUT2D eigenvalue weighted by Gasteiger charge is 2.43. The Morgan fingerprint density at radius 2 is 1.79 bits per heavy atom. The molecule has 0 aromatic carbocycles. The van der Waals surface area contributed by atoms with E-state index in [4.69, 9.17) is 14.9 Å². The summed E-state index contributed by atoms with van der Waals surface area (Å²) in [6.45, 7) is 9.59. The zero-order valence-corrected chi connectivity index (χ0v) is 24.3. The fourth-order valence-corrected chi connectivity index (χ4v) is 4.38. The number of nitrogens with zero attached hydrogens (tertiary/aromatic N) is 5. The number of carbonyl (C=O) groups excluding carboxylic acids is 1. The van der Waals surface area contributed by atoms with Crippen molar-refractivity contribution in [2.45, 2.75) is 83.8 Å². The Morgan fingerprint density at radius 3 is 2.37 bits per heavy atom. The first kappa shape index (κ1) is 33.5. The number of alkyl halides is 3. The lowest BCUT2D eigenvalue weighted by Crippen LogP contribution is -2.42. The number of H-pyrrole nitrogens is 1. The van der Waals surface area contributed by atoms with Crippen LogP contribution in [-0.4, -0.2) is 94.2 Å². The first-order valence-corrected chi connectivity index (χ1v) is 13.8. The van der Waals surface area contributed by atoms with Crippen LogP contribution in [0.25, 0.3) is 11.2 Å². The molecule has 17 heteroatoms. The van der Waals surface area contributed by atoms with Crippen molar-refractivity contribution in [3.05, 3.63) is 24.5 Å². The van der Waals surface area contributed by atoms with Crippen molar-refractivity contribution in [2.75, 3.05) is 23.7 Å². The van der Waals surface area contributed by atoms with Gasteiger partial charge in [-0.2, -0.15) is 23.1 Å². The predicted molar refractivity (Wildman–Crippen MR) is 150 cm³/mol. The Hall–Kier alpha value is -3.99. The van der Waals surface area contributed by atoms with Gasteiger partial charge in [0.1, 0.15) is 12.2 Å². The Bertz CT molecular complexity index is 1360. The van der Waals surface area contributed by atoms with Crippen LogP contribution in [-0.2, 0) is 16.0 Å². The number of nitrogens with one attached hydrogen (secondary N) is 4. The number of halogens is 3. The van der Waals surface area contributed by atoms with Gasteiger partial charge in [0.15, 0.2) is 17.0 Å². The van der Waals surface area contributed by atoms with E-state index in [1.807, 2.05) is 6.20 Å². The quantitative estimate of drug-likeness (QED) is 0.177. The topological polar surface area (TPSA) is 203 Å². The number of rotatable bonds is 10. The second kappa shape index (κ2) is 14.0. The number of amides is 1. The van der Waals surface area contributed by atoms with Crippen LogP contribution in [0.2, 0.25) is 0 Å². The van der Waals surface area contributed by atoms with Gasteiger partial charge in [0, 0.05) is 32.1 Å². The van der Waals surface area contributed by atoms with Gasteiger partial charge in [-0.25, -0.2) is 14.8 Å². The monoisotopic (exact) mass is 613 g/mol. The molecule has 0 saturated heterocycles. The fraction of sp³-hybridized carbons (Fsp3) is 0.615. The fourth-order valence-electron chi connectivity index (χ4n) is 4.38. The summed E-state index contributed by atoms with van der Waals surface area (Å²) in [6.07, 6.45) is 0.170. The van der Waals surface area contributed by atoms with Crippen LogP contribution in [0.3, 0.4) is 0 Å². The van der Waals surface area contributed by atoms with Gasteiger partial charge in [-0.1, -0.05) is 27.7 Å². The first-order valence-electron chi connectivity index (χ1n) is 13.8. The highest BCUT2D eigenvalue weighted by molar-refractivity contribution is 5.84. The van der Waals surface area contributed by atoms with Gasteiger partial charge in [0.2, 0.25) is 11.9 Å². The number of fused-ring (bicyclic) bond motifs is 1. The number of carboxylic acid groups (broad SMARTS) is 1. The molecule has 14 nitrogen and oxygen atoms in total. The number of aliphatic carboxylic acids is 1. The number of carbonyl (C=O) groups is 2. The molecular formula is C26H38F3N9O5. The number of aliphatic hydroxyl groups is 2. The molecule has 0 bridgehead atoms. The number of hydrogen-bond donors (Lipinski definition) is 7. The van der Waals surface area contributed by atoms with Gasteiger partial charge in [0.25, 0.3) is 0 Å². The highest BCUT2D eigenvalue weighted by atomic mass is 19.4. The van der Waals surface area contributed by atoms with Crippen LogP contribution in [0.1, 0.15) is 58.7 Å². The largest absolute Gasteiger partial charge is 0.490 e. The van der Waals surface area contributed by atoms with Gasteiger partial charge in [-0.3, -0.25) is 4.79 Å². The van der Waals surface area contributed by atoms with Crippen molar-refractivity contribution in [3.63, 3.8) is 0 Å². The minimum Gasteiger partial charge on any atom is -0.475 e. The summed E-state index contributed by atoms with van der Waals surface area (Å²) < 4.78 is 33.5. The lowest BCUT2D eigenvalue weighted by molar-refractivity contribution is -0.192. The number of carboxylic acids is 1. The number of hydrogen-bond acceptors (Lipinski definition) is 10. The van der Waals surface area contributed by atoms with Gasteiger partial charge in [-0.15, -0.1) is 0 Å². The van der Waals surface area contributed by atoms with Gasteiger partial charge in [-0.05, 0) is 18.3 Å². The third kappa shape index (κ3) is 9.25. The molecule has 3 aromatic rings. The SMILES string of the molecule is CCC(=O)N[C@H]1C[C@@H](n2cnc3c(NCCC(C)(C)C)nc(NCCc4c[nH]cn4)nc32)[C@H](O)[C@@H]1O.O=C(O)C(F)(F)F. The molecule has 7 N–H and O–H groups in total. The van der Waals surface area contributed by atoms with Crippen molar-refractivity contribution < 1.29 is 38.1 Å². The number of imidazole rings is 2. The molecule has 1 aliphatic carbocycles. The minimum absolute atomic E-state index is 0.158. The molecule has 0 unspecified atom stereocenters. The molecule has 1 saturated carbocycles. The normalized spacial score (nSPS) is 20.4. The smallest absolute Gasteiger partial charge is 0.475 e. The summed E-state index contributed by atoms with van der Waals surface area (Å²) in [5.41, 5.74) is 2.22. The standard InChI is InChI=1S/C24H37N9O3.C2HF3O2/c1-5-17(34)30-15-10-16(20(36)19(15)35)33-13-29-18-21(26-9-7-24(2,3)4)31-23(32-22(18)33)27-8-6-14-11-25-12-28-14;3-2(4,5)1(6)7/h11-13,15-16,19-20,35-36H,5-10H2,1-4H3,(H,25,28)(H,30,34)(H2,26,27,31,32);(H,6,7)/t15-,16+,19+,20-;/m0./s1. The van der Waals surface area contributed by atoms with Crippen molar-refractivity contribution in [3.8, 4) is 0 Å². The van der Waals surface area contributed by atoms with Crippen LogP contribution < -0.4 is 16.0 Å². The van der Waals surface area contributed by atoms with E-state index >= 15 is 0 Å². The summed E-state index contributed by atoms with van der Waals surface area (Å²) in [5.74, 6) is -1.89. The molecule has 0 spiro atoms. The van der Waals surface area contributed by atoms with Gasteiger partial charge in [0.05, 0.1) is 30.4 Å². The molecule has 3 aromatic heterocycles. The van der Waals surface area contributed by atoms with Crippen molar-refractivity contribution in [1.82, 2.24) is 34.8 Å².